The fraction of sp³-hybridized carbons (Fsp3) is 0.312. The molecule has 126 valence electrons. The van der Waals surface area contributed by atoms with Crippen LogP contribution in [-0.2, 0) is 4.74 Å². The van der Waals surface area contributed by atoms with Crippen molar-refractivity contribution in [1.29, 1.82) is 0 Å². The Balaban J connectivity index is 1.83. The Kier molecular flexibility index (Phi) is 4.55. The molecule has 0 bridgehead atoms. The Morgan fingerprint density at radius 2 is 2.17 bits per heavy atom. The first-order chi connectivity index (χ1) is 11.5. The van der Waals surface area contributed by atoms with Crippen molar-refractivity contribution in [3.8, 4) is 11.3 Å². The van der Waals surface area contributed by atoms with Crippen LogP contribution in [0.2, 0.25) is 5.02 Å². The number of hydrogen-bond donors (Lipinski definition) is 0. The lowest BCUT2D eigenvalue weighted by Gasteiger charge is -2.30. The number of halogens is 1. The molecule has 1 aliphatic rings. The molecule has 1 saturated heterocycles. The highest BCUT2D eigenvalue weighted by Gasteiger charge is 2.25. The Hall–Kier alpha value is -2.38. The molecule has 1 amide bonds. The second-order valence-electron chi connectivity index (χ2n) is 5.52. The standard InChI is InChI=1S/C16H15ClN2O5/c1-10-9-18(6-7-23-10)16(20)15-5-4-14(24-15)12-3-2-11(19(21)22)8-13(12)17/h2-5,8,10H,6-7,9H2,1H3/t10-/m0/s1. The van der Waals surface area contributed by atoms with Crippen molar-refractivity contribution in [2.24, 2.45) is 0 Å². The number of benzene rings is 1. The molecule has 0 unspecified atom stereocenters. The maximum absolute atomic E-state index is 12.5. The highest BCUT2D eigenvalue weighted by molar-refractivity contribution is 6.33. The molecule has 0 radical (unpaired) electrons. The Morgan fingerprint density at radius 1 is 1.38 bits per heavy atom. The maximum Gasteiger partial charge on any atom is 0.289 e. The van der Waals surface area contributed by atoms with Gasteiger partial charge < -0.3 is 14.1 Å². The number of ether oxygens (including phenoxy) is 1. The highest BCUT2D eigenvalue weighted by atomic mass is 35.5. The number of morpholine rings is 1. The molecule has 0 saturated carbocycles. The topological polar surface area (TPSA) is 85.8 Å². The van der Waals surface area contributed by atoms with Crippen LogP contribution in [0.3, 0.4) is 0 Å². The smallest absolute Gasteiger partial charge is 0.289 e. The van der Waals surface area contributed by atoms with Gasteiger partial charge in [-0.1, -0.05) is 11.6 Å². The molecule has 1 atom stereocenters. The van der Waals surface area contributed by atoms with Gasteiger partial charge in [0.15, 0.2) is 5.76 Å². The number of nitrogens with zero attached hydrogens (tertiary/aromatic N) is 2. The molecule has 8 heteroatoms. The lowest BCUT2D eigenvalue weighted by atomic mass is 10.1. The molecule has 0 aliphatic carbocycles. The van der Waals surface area contributed by atoms with E-state index in [2.05, 4.69) is 0 Å². The zero-order valence-electron chi connectivity index (χ0n) is 12.9. The summed E-state index contributed by atoms with van der Waals surface area (Å²) in [7, 11) is 0. The van der Waals surface area contributed by atoms with Crippen molar-refractivity contribution in [2.45, 2.75) is 13.0 Å². The number of furan rings is 1. The van der Waals surface area contributed by atoms with E-state index in [-0.39, 0.29) is 28.5 Å². The number of carbonyl (C=O) groups is 1. The molecule has 24 heavy (non-hydrogen) atoms. The second kappa shape index (κ2) is 6.62. The lowest BCUT2D eigenvalue weighted by Crippen LogP contribution is -2.44. The number of rotatable bonds is 3. The van der Waals surface area contributed by atoms with Crippen LogP contribution < -0.4 is 0 Å². The largest absolute Gasteiger partial charge is 0.451 e. The van der Waals surface area contributed by atoms with Crippen LogP contribution in [0.4, 0.5) is 5.69 Å². The lowest BCUT2D eigenvalue weighted by molar-refractivity contribution is -0.384. The Labute approximate surface area is 142 Å². The summed E-state index contributed by atoms with van der Waals surface area (Å²) >= 11 is 6.09. The molecule has 1 aromatic carbocycles. The van der Waals surface area contributed by atoms with Crippen LogP contribution in [0, 0.1) is 10.1 Å². The van der Waals surface area contributed by atoms with Crippen molar-refractivity contribution < 1.29 is 18.9 Å². The fourth-order valence-electron chi connectivity index (χ4n) is 2.57. The second-order valence-corrected chi connectivity index (χ2v) is 5.92. The van der Waals surface area contributed by atoms with E-state index in [4.69, 9.17) is 20.8 Å². The van der Waals surface area contributed by atoms with E-state index in [0.29, 0.717) is 31.0 Å². The van der Waals surface area contributed by atoms with Gasteiger partial charge in [0.1, 0.15) is 5.76 Å². The van der Waals surface area contributed by atoms with Gasteiger partial charge in [-0.05, 0) is 25.1 Å². The molecule has 1 aromatic heterocycles. The summed E-state index contributed by atoms with van der Waals surface area (Å²) in [6, 6.07) is 7.31. The van der Waals surface area contributed by atoms with Crippen molar-refractivity contribution >= 4 is 23.2 Å². The molecule has 2 heterocycles. The van der Waals surface area contributed by atoms with E-state index in [1.807, 2.05) is 6.92 Å². The third kappa shape index (κ3) is 3.27. The molecule has 1 aliphatic heterocycles. The summed E-state index contributed by atoms with van der Waals surface area (Å²) in [5, 5.41) is 11.0. The maximum atomic E-state index is 12.5. The van der Waals surface area contributed by atoms with Crippen molar-refractivity contribution in [3.05, 3.63) is 51.2 Å². The van der Waals surface area contributed by atoms with Gasteiger partial charge in [-0.3, -0.25) is 14.9 Å². The van der Waals surface area contributed by atoms with Gasteiger partial charge in [-0.2, -0.15) is 0 Å². The minimum atomic E-state index is -0.521. The first kappa shape index (κ1) is 16.5. The van der Waals surface area contributed by atoms with E-state index < -0.39 is 4.92 Å². The molecule has 7 nitrogen and oxygen atoms in total. The normalized spacial score (nSPS) is 17.8. The van der Waals surface area contributed by atoms with E-state index in [1.54, 1.807) is 17.0 Å². The average Bonchev–Trinajstić information content (AvgIpc) is 3.03. The minimum Gasteiger partial charge on any atom is -0.451 e. The summed E-state index contributed by atoms with van der Waals surface area (Å²) in [5.41, 5.74) is 0.394. The van der Waals surface area contributed by atoms with E-state index in [0.717, 1.165) is 0 Å². The van der Waals surface area contributed by atoms with Gasteiger partial charge in [0.25, 0.3) is 11.6 Å². The average molecular weight is 351 g/mol. The van der Waals surface area contributed by atoms with Crippen LogP contribution in [0.5, 0.6) is 0 Å². The number of amides is 1. The summed E-state index contributed by atoms with van der Waals surface area (Å²) in [5.74, 6) is 0.377. The van der Waals surface area contributed by atoms with Crippen LogP contribution in [0.1, 0.15) is 17.5 Å². The predicted molar refractivity (Wildman–Crippen MR) is 87.1 cm³/mol. The third-order valence-electron chi connectivity index (χ3n) is 3.77. The van der Waals surface area contributed by atoms with Gasteiger partial charge in [0, 0.05) is 30.8 Å². The highest BCUT2D eigenvalue weighted by Crippen LogP contribution is 2.32. The van der Waals surface area contributed by atoms with Crippen LogP contribution >= 0.6 is 11.6 Å². The van der Waals surface area contributed by atoms with Crippen molar-refractivity contribution in [3.63, 3.8) is 0 Å². The monoisotopic (exact) mass is 350 g/mol. The third-order valence-corrected chi connectivity index (χ3v) is 4.09. The number of nitro benzene ring substituents is 1. The fourth-order valence-corrected chi connectivity index (χ4v) is 2.84. The molecule has 1 fully saturated rings. The molecule has 0 N–H and O–H groups in total. The van der Waals surface area contributed by atoms with Gasteiger partial charge in [-0.15, -0.1) is 0 Å². The predicted octanol–water partition coefficient (Wildman–Crippen LogP) is 3.37. The minimum absolute atomic E-state index is 0.0127. The van der Waals surface area contributed by atoms with Gasteiger partial charge in [0.2, 0.25) is 0 Å². The van der Waals surface area contributed by atoms with E-state index in [1.165, 1.54) is 18.2 Å². The number of hydrogen-bond acceptors (Lipinski definition) is 5. The van der Waals surface area contributed by atoms with Crippen LogP contribution in [0.25, 0.3) is 11.3 Å². The molecular weight excluding hydrogens is 336 g/mol. The van der Waals surface area contributed by atoms with Gasteiger partial charge in [0.05, 0.1) is 22.7 Å². The number of non-ortho nitro benzene ring substituents is 1. The summed E-state index contributed by atoms with van der Waals surface area (Å²) in [4.78, 5) is 24.4. The van der Waals surface area contributed by atoms with Gasteiger partial charge >= 0.3 is 0 Å². The number of carbonyl (C=O) groups excluding carboxylic acids is 1. The summed E-state index contributed by atoms with van der Waals surface area (Å²) in [6.45, 7) is 3.42. The Morgan fingerprint density at radius 3 is 2.83 bits per heavy atom. The first-order valence-electron chi connectivity index (χ1n) is 7.40. The summed E-state index contributed by atoms with van der Waals surface area (Å²) < 4.78 is 11.0. The molecular formula is C16H15ClN2O5. The summed E-state index contributed by atoms with van der Waals surface area (Å²) in [6.07, 6.45) is -0.0127. The van der Waals surface area contributed by atoms with Crippen molar-refractivity contribution in [2.75, 3.05) is 19.7 Å². The zero-order chi connectivity index (χ0) is 17.3. The van der Waals surface area contributed by atoms with Crippen LogP contribution in [-0.4, -0.2) is 41.5 Å². The number of nitro groups is 1. The Bertz CT molecular complexity index is 789. The molecule has 0 spiro atoms. The molecule has 3 rings (SSSR count). The quantitative estimate of drug-likeness (QED) is 0.625. The van der Waals surface area contributed by atoms with Crippen LogP contribution in [0.15, 0.2) is 34.7 Å². The van der Waals surface area contributed by atoms with Crippen molar-refractivity contribution in [1.82, 2.24) is 4.90 Å². The SMILES string of the molecule is C[C@H]1CN(C(=O)c2ccc(-c3ccc([N+](=O)[O-])cc3Cl)o2)CCO1. The van der Waals surface area contributed by atoms with Gasteiger partial charge in [-0.25, -0.2) is 0 Å². The molecule has 2 aromatic rings. The zero-order valence-corrected chi connectivity index (χ0v) is 13.7. The van der Waals surface area contributed by atoms with E-state index in [9.17, 15) is 14.9 Å². The van der Waals surface area contributed by atoms with E-state index >= 15 is 0 Å². The first-order valence-corrected chi connectivity index (χ1v) is 7.78.